The highest BCUT2D eigenvalue weighted by Crippen LogP contribution is 2.27. The second-order valence-corrected chi connectivity index (χ2v) is 8.21. The molecule has 7 nitrogen and oxygen atoms in total. The van der Waals surface area contributed by atoms with Crippen LogP contribution in [-0.2, 0) is 14.8 Å². The van der Waals surface area contributed by atoms with Crippen molar-refractivity contribution in [3.63, 3.8) is 0 Å². The molecule has 0 unspecified atom stereocenters. The Balaban J connectivity index is 2.04. The number of sulfonamides is 1. The molecule has 0 spiro atoms. The van der Waals surface area contributed by atoms with Crippen LogP contribution in [0.2, 0.25) is 5.02 Å². The number of hydrazone groups is 1. The van der Waals surface area contributed by atoms with Gasteiger partial charge in [-0.25, -0.2) is 13.8 Å². The molecule has 0 aliphatic heterocycles. The maximum Gasteiger partial charge on any atom is 0.255 e. The fraction of sp³-hybridized carbons (Fsp3) is 0.222. The van der Waals surface area contributed by atoms with E-state index >= 15 is 0 Å². The van der Waals surface area contributed by atoms with Gasteiger partial charge in [0, 0.05) is 12.1 Å². The normalized spacial score (nSPS) is 11.7. The minimum atomic E-state index is -3.90. The molecule has 1 N–H and O–H groups in total. The van der Waals surface area contributed by atoms with Gasteiger partial charge in [0.2, 0.25) is 10.0 Å². The molecule has 0 atom stereocenters. The van der Waals surface area contributed by atoms with Gasteiger partial charge in [0.15, 0.2) is 0 Å². The third-order valence-electron chi connectivity index (χ3n) is 3.65. The number of nitrogens with one attached hydrogen (secondary N) is 1. The quantitative estimate of drug-likeness (QED) is 0.562. The van der Waals surface area contributed by atoms with E-state index in [4.69, 9.17) is 16.3 Å². The van der Waals surface area contributed by atoms with E-state index in [-0.39, 0.29) is 10.6 Å². The summed E-state index contributed by atoms with van der Waals surface area (Å²) in [6.45, 7) is 1.38. The maximum atomic E-state index is 12.7. The molecule has 0 saturated heterocycles. The standard InChI is InChI=1S/C18H20ClN3O4S/c1-13-4-9-16(26-3)17(10-13)27(24,25)22(2)12-18(23)21-20-11-14-5-7-15(19)8-6-14/h4-11H,12H2,1-3H3,(H,21,23)/b20-11+. The van der Waals surface area contributed by atoms with Crippen molar-refractivity contribution in [3.8, 4) is 5.75 Å². The van der Waals surface area contributed by atoms with Crippen molar-refractivity contribution in [2.75, 3.05) is 20.7 Å². The van der Waals surface area contributed by atoms with Gasteiger partial charge in [-0.05, 0) is 42.3 Å². The Morgan fingerprint density at radius 1 is 1.26 bits per heavy atom. The molecule has 2 aromatic carbocycles. The highest BCUT2D eigenvalue weighted by Gasteiger charge is 2.26. The Hall–Kier alpha value is -2.42. The van der Waals surface area contributed by atoms with Crippen molar-refractivity contribution < 1.29 is 17.9 Å². The van der Waals surface area contributed by atoms with E-state index in [2.05, 4.69) is 10.5 Å². The van der Waals surface area contributed by atoms with Crippen molar-refractivity contribution in [3.05, 3.63) is 58.6 Å². The summed E-state index contributed by atoms with van der Waals surface area (Å²) in [5.41, 5.74) is 3.80. The smallest absolute Gasteiger partial charge is 0.255 e. The zero-order chi connectivity index (χ0) is 20.0. The van der Waals surface area contributed by atoms with Crippen molar-refractivity contribution in [2.45, 2.75) is 11.8 Å². The molecule has 9 heteroatoms. The van der Waals surface area contributed by atoms with Gasteiger partial charge in [-0.2, -0.15) is 9.41 Å². The van der Waals surface area contributed by atoms with Gasteiger partial charge in [0.1, 0.15) is 10.6 Å². The molecule has 0 radical (unpaired) electrons. The SMILES string of the molecule is COc1ccc(C)cc1S(=O)(=O)N(C)CC(=O)N/N=C/c1ccc(Cl)cc1. The third kappa shape index (κ3) is 5.53. The number of aryl methyl sites for hydroxylation is 1. The highest BCUT2D eigenvalue weighted by atomic mass is 35.5. The molecule has 0 aliphatic carbocycles. The predicted octanol–water partition coefficient (Wildman–Crippen LogP) is 2.43. The minimum Gasteiger partial charge on any atom is -0.495 e. The summed E-state index contributed by atoms with van der Waals surface area (Å²) in [5.74, 6) is -0.355. The van der Waals surface area contributed by atoms with E-state index in [1.54, 1.807) is 43.3 Å². The Labute approximate surface area is 163 Å². The molecule has 0 saturated carbocycles. The summed E-state index contributed by atoms with van der Waals surface area (Å²) < 4.78 is 31.6. The number of carbonyl (C=O) groups is 1. The van der Waals surface area contributed by atoms with E-state index in [0.717, 1.165) is 15.4 Å². The molecule has 0 aromatic heterocycles. The van der Waals surface area contributed by atoms with Gasteiger partial charge in [-0.1, -0.05) is 29.8 Å². The average molecular weight is 410 g/mol. The molecule has 0 heterocycles. The number of benzene rings is 2. The van der Waals surface area contributed by atoms with Crippen LogP contribution in [0.5, 0.6) is 5.75 Å². The molecule has 0 bridgehead atoms. The summed E-state index contributed by atoms with van der Waals surface area (Å²) in [7, 11) is -1.19. The van der Waals surface area contributed by atoms with Crippen LogP contribution in [0.3, 0.4) is 0 Å². The number of likely N-dealkylation sites (N-methyl/N-ethyl adjacent to an activating group) is 1. The third-order valence-corrected chi connectivity index (χ3v) is 5.72. The summed E-state index contributed by atoms with van der Waals surface area (Å²) >= 11 is 5.79. The summed E-state index contributed by atoms with van der Waals surface area (Å²) in [5, 5.41) is 4.41. The maximum absolute atomic E-state index is 12.7. The Morgan fingerprint density at radius 2 is 1.93 bits per heavy atom. The zero-order valence-corrected chi connectivity index (χ0v) is 16.7. The largest absolute Gasteiger partial charge is 0.495 e. The first kappa shape index (κ1) is 20.9. The van der Waals surface area contributed by atoms with Crippen LogP contribution >= 0.6 is 11.6 Å². The molecular weight excluding hydrogens is 390 g/mol. The molecular formula is C18H20ClN3O4S. The summed E-state index contributed by atoms with van der Waals surface area (Å²) in [6, 6.07) is 11.7. The minimum absolute atomic E-state index is 0.00460. The molecule has 1 amide bonds. The van der Waals surface area contributed by atoms with Crippen LogP contribution in [0.4, 0.5) is 0 Å². The second kappa shape index (κ2) is 8.98. The van der Waals surface area contributed by atoms with Gasteiger partial charge < -0.3 is 4.74 Å². The predicted molar refractivity (Wildman–Crippen MR) is 105 cm³/mol. The van der Waals surface area contributed by atoms with E-state index in [0.29, 0.717) is 5.02 Å². The average Bonchev–Trinajstić information content (AvgIpc) is 2.63. The number of amides is 1. The lowest BCUT2D eigenvalue weighted by atomic mass is 10.2. The van der Waals surface area contributed by atoms with Gasteiger partial charge in [0.25, 0.3) is 5.91 Å². The number of hydrogen-bond acceptors (Lipinski definition) is 5. The molecule has 27 heavy (non-hydrogen) atoms. The highest BCUT2D eigenvalue weighted by molar-refractivity contribution is 7.89. The van der Waals surface area contributed by atoms with E-state index in [1.807, 2.05) is 0 Å². The zero-order valence-electron chi connectivity index (χ0n) is 15.1. The van der Waals surface area contributed by atoms with Gasteiger partial charge in [-0.3, -0.25) is 4.79 Å². The Bertz CT molecular complexity index is 944. The van der Waals surface area contributed by atoms with E-state index < -0.39 is 22.5 Å². The van der Waals surface area contributed by atoms with E-state index in [1.165, 1.54) is 26.4 Å². The lowest BCUT2D eigenvalue weighted by Gasteiger charge is -2.18. The molecule has 2 aromatic rings. The van der Waals surface area contributed by atoms with E-state index in [9.17, 15) is 13.2 Å². The molecule has 0 fully saturated rings. The molecule has 2 rings (SSSR count). The van der Waals surface area contributed by atoms with Crippen molar-refractivity contribution in [2.24, 2.45) is 5.10 Å². The summed E-state index contributed by atoms with van der Waals surface area (Å²) in [4.78, 5) is 12.0. The van der Waals surface area contributed by atoms with Crippen LogP contribution in [0.1, 0.15) is 11.1 Å². The van der Waals surface area contributed by atoms with Crippen LogP contribution in [0, 0.1) is 6.92 Å². The van der Waals surface area contributed by atoms with Crippen LogP contribution < -0.4 is 10.2 Å². The van der Waals surface area contributed by atoms with Crippen molar-refractivity contribution in [1.29, 1.82) is 0 Å². The lowest BCUT2D eigenvalue weighted by Crippen LogP contribution is -2.36. The van der Waals surface area contributed by atoms with Crippen molar-refractivity contribution >= 4 is 33.7 Å². The Kier molecular flexibility index (Phi) is 6.95. The first-order valence-electron chi connectivity index (χ1n) is 7.92. The first-order valence-corrected chi connectivity index (χ1v) is 9.74. The van der Waals surface area contributed by atoms with Gasteiger partial charge in [0.05, 0.1) is 19.9 Å². The second-order valence-electron chi connectivity index (χ2n) is 5.76. The fourth-order valence-electron chi connectivity index (χ4n) is 2.20. The number of rotatable bonds is 7. The van der Waals surface area contributed by atoms with Crippen molar-refractivity contribution in [1.82, 2.24) is 9.73 Å². The van der Waals surface area contributed by atoms with Crippen LogP contribution in [0.25, 0.3) is 0 Å². The lowest BCUT2D eigenvalue weighted by molar-refractivity contribution is -0.121. The number of hydrogen-bond donors (Lipinski definition) is 1. The topological polar surface area (TPSA) is 88.1 Å². The number of nitrogens with zero attached hydrogens (tertiary/aromatic N) is 2. The fourth-order valence-corrected chi connectivity index (χ4v) is 3.69. The van der Waals surface area contributed by atoms with Gasteiger partial charge >= 0.3 is 0 Å². The molecule has 144 valence electrons. The first-order chi connectivity index (χ1) is 12.7. The number of halogens is 1. The number of ether oxygens (including phenoxy) is 1. The van der Waals surface area contributed by atoms with Crippen LogP contribution in [0.15, 0.2) is 52.5 Å². The number of methoxy groups -OCH3 is 1. The molecule has 0 aliphatic rings. The van der Waals surface area contributed by atoms with Crippen LogP contribution in [-0.4, -0.2) is 45.5 Å². The monoisotopic (exact) mass is 409 g/mol. The summed E-state index contributed by atoms with van der Waals surface area (Å²) in [6.07, 6.45) is 1.44. The Morgan fingerprint density at radius 3 is 2.56 bits per heavy atom. The van der Waals surface area contributed by atoms with Gasteiger partial charge in [-0.15, -0.1) is 0 Å². The number of carbonyl (C=O) groups excluding carboxylic acids is 1.